The zero-order valence-electron chi connectivity index (χ0n) is 25.8. The molecule has 48 heavy (non-hydrogen) atoms. The number of esters is 1. The number of hydrogen-bond acceptors (Lipinski definition) is 8. The third-order valence-electron chi connectivity index (χ3n) is 7.62. The van der Waals surface area contributed by atoms with Crippen molar-refractivity contribution in [2.75, 3.05) is 13.7 Å². The van der Waals surface area contributed by atoms with Crippen molar-refractivity contribution in [2.24, 2.45) is 4.99 Å². The number of hydrogen-bond donors (Lipinski definition) is 0. The van der Waals surface area contributed by atoms with Crippen LogP contribution in [0.5, 0.6) is 11.5 Å². The standard InChI is InChI=1S/C37H27Cl2N3O5S/c1-3-46-36(44)31-32(23-9-5-4-6-10-23)41-37-42(33(31)24-13-15-27(38)16-14-24)35(43)30(48-37)19-22-17-28(39)34(29(18-22)45-2)47-21-26-12-8-7-11-25(26)20-40/h4-19,33H,3,21H2,1-2H3/b30-19-/t33-/m0/s1. The zero-order valence-corrected chi connectivity index (χ0v) is 28.1. The van der Waals surface area contributed by atoms with Crippen LogP contribution in [0.25, 0.3) is 11.8 Å². The van der Waals surface area contributed by atoms with Gasteiger partial charge < -0.3 is 14.2 Å². The van der Waals surface area contributed by atoms with Crippen molar-refractivity contribution in [3.8, 4) is 17.6 Å². The van der Waals surface area contributed by atoms with Crippen LogP contribution in [-0.4, -0.2) is 24.3 Å². The van der Waals surface area contributed by atoms with Gasteiger partial charge in [-0.3, -0.25) is 9.36 Å². The van der Waals surface area contributed by atoms with Crippen LogP contribution in [0.4, 0.5) is 0 Å². The maximum absolute atomic E-state index is 14.2. The van der Waals surface area contributed by atoms with Gasteiger partial charge in [-0.15, -0.1) is 0 Å². The van der Waals surface area contributed by atoms with E-state index in [0.29, 0.717) is 59.4 Å². The zero-order chi connectivity index (χ0) is 33.8. The second-order valence-electron chi connectivity index (χ2n) is 10.6. The summed E-state index contributed by atoms with van der Waals surface area (Å²) in [7, 11) is 1.49. The first-order valence-electron chi connectivity index (χ1n) is 14.8. The van der Waals surface area contributed by atoms with Gasteiger partial charge in [0, 0.05) is 16.1 Å². The molecule has 0 aliphatic carbocycles. The van der Waals surface area contributed by atoms with Gasteiger partial charge in [-0.25, -0.2) is 9.79 Å². The molecule has 1 atom stereocenters. The smallest absolute Gasteiger partial charge is 0.338 e. The third-order valence-corrected chi connectivity index (χ3v) is 9.13. The summed E-state index contributed by atoms with van der Waals surface area (Å²) in [6.07, 6.45) is 1.70. The van der Waals surface area contributed by atoms with E-state index in [9.17, 15) is 14.9 Å². The van der Waals surface area contributed by atoms with Crippen LogP contribution in [0.15, 0.2) is 106 Å². The fourth-order valence-corrected chi connectivity index (χ4v) is 6.82. The van der Waals surface area contributed by atoms with Crippen molar-refractivity contribution in [1.82, 2.24) is 4.57 Å². The van der Waals surface area contributed by atoms with Crippen LogP contribution in [0.3, 0.4) is 0 Å². The molecule has 0 radical (unpaired) electrons. The van der Waals surface area contributed by atoms with Crippen LogP contribution in [0.2, 0.25) is 10.0 Å². The number of aromatic nitrogens is 1. The van der Waals surface area contributed by atoms with E-state index < -0.39 is 12.0 Å². The minimum atomic E-state index is -0.833. The van der Waals surface area contributed by atoms with Gasteiger partial charge in [0.1, 0.15) is 6.61 Å². The molecule has 0 bridgehead atoms. The first-order valence-corrected chi connectivity index (χ1v) is 16.4. The molecule has 2 heterocycles. The van der Waals surface area contributed by atoms with Crippen molar-refractivity contribution in [2.45, 2.75) is 19.6 Å². The van der Waals surface area contributed by atoms with E-state index in [1.165, 1.54) is 23.0 Å². The molecule has 1 aromatic heterocycles. The second-order valence-corrected chi connectivity index (χ2v) is 12.4. The van der Waals surface area contributed by atoms with E-state index >= 15 is 0 Å². The Balaban J connectivity index is 1.49. The topological polar surface area (TPSA) is 103 Å². The molecule has 1 aliphatic heterocycles. The number of carbonyl (C=O) groups excluding carboxylic acids is 1. The van der Waals surface area contributed by atoms with Crippen molar-refractivity contribution < 1.29 is 19.0 Å². The Morgan fingerprint density at radius 1 is 1.04 bits per heavy atom. The summed E-state index contributed by atoms with van der Waals surface area (Å²) in [5.41, 5.74) is 3.48. The summed E-state index contributed by atoms with van der Waals surface area (Å²) in [5.74, 6) is 0.0876. The molecule has 0 saturated carbocycles. The molecule has 6 rings (SSSR count). The number of rotatable bonds is 9. The van der Waals surface area contributed by atoms with Gasteiger partial charge in [-0.2, -0.15) is 5.26 Å². The summed E-state index contributed by atoms with van der Waals surface area (Å²) < 4.78 is 19.0. The lowest BCUT2D eigenvalue weighted by atomic mass is 9.93. The Morgan fingerprint density at radius 3 is 2.48 bits per heavy atom. The quantitative estimate of drug-likeness (QED) is 0.159. The van der Waals surface area contributed by atoms with Crippen LogP contribution >= 0.6 is 34.5 Å². The van der Waals surface area contributed by atoms with Gasteiger partial charge in [-0.05, 0) is 54.5 Å². The van der Waals surface area contributed by atoms with E-state index in [1.807, 2.05) is 36.4 Å². The highest BCUT2D eigenvalue weighted by Crippen LogP contribution is 2.38. The minimum Gasteiger partial charge on any atom is -0.493 e. The van der Waals surface area contributed by atoms with E-state index in [4.69, 9.17) is 42.4 Å². The molecule has 8 nitrogen and oxygen atoms in total. The lowest BCUT2D eigenvalue weighted by molar-refractivity contribution is -0.138. The lowest BCUT2D eigenvalue weighted by Gasteiger charge is -2.25. The molecule has 0 N–H and O–H groups in total. The van der Waals surface area contributed by atoms with Crippen LogP contribution < -0.4 is 24.4 Å². The largest absolute Gasteiger partial charge is 0.493 e. The predicted octanol–water partition coefficient (Wildman–Crippen LogP) is 6.70. The lowest BCUT2D eigenvalue weighted by Crippen LogP contribution is -2.40. The number of nitrogens with zero attached hydrogens (tertiary/aromatic N) is 3. The third kappa shape index (κ3) is 6.51. The number of carbonyl (C=O) groups is 1. The van der Waals surface area contributed by atoms with Crippen LogP contribution in [-0.2, 0) is 16.1 Å². The van der Waals surface area contributed by atoms with Crippen molar-refractivity contribution in [1.29, 1.82) is 5.26 Å². The SMILES string of the molecule is CCOC(=O)C1=C(c2ccccc2)N=c2s/c(=C\c3cc(Cl)c(OCc4ccccc4C#N)c(OC)c3)c(=O)n2[C@H]1c1ccc(Cl)cc1. The number of fused-ring (bicyclic) bond motifs is 1. The molecule has 5 aromatic rings. The average molecular weight is 697 g/mol. The van der Waals surface area contributed by atoms with E-state index in [2.05, 4.69) is 6.07 Å². The molecule has 1 aliphatic rings. The van der Waals surface area contributed by atoms with Gasteiger partial charge in [-0.1, -0.05) is 95.2 Å². The number of nitriles is 1. The Kier molecular flexibility index (Phi) is 9.78. The Labute approximate surface area is 290 Å². The van der Waals surface area contributed by atoms with E-state index in [1.54, 1.807) is 67.6 Å². The van der Waals surface area contributed by atoms with Crippen molar-refractivity contribution in [3.63, 3.8) is 0 Å². The van der Waals surface area contributed by atoms with Crippen LogP contribution in [0, 0.1) is 11.3 Å². The van der Waals surface area contributed by atoms with Crippen LogP contribution in [0.1, 0.15) is 40.8 Å². The molecule has 11 heteroatoms. The summed E-state index contributed by atoms with van der Waals surface area (Å²) in [4.78, 5) is 33.1. The Morgan fingerprint density at radius 2 is 1.77 bits per heavy atom. The monoisotopic (exact) mass is 695 g/mol. The Hall–Kier alpha value is -5.14. The molecular weight excluding hydrogens is 669 g/mol. The summed E-state index contributed by atoms with van der Waals surface area (Å²) in [5, 5.41) is 10.2. The fourth-order valence-electron chi connectivity index (χ4n) is 5.42. The molecule has 0 fully saturated rings. The first-order chi connectivity index (χ1) is 23.3. The minimum absolute atomic E-state index is 0.106. The fraction of sp³-hybridized carbons (Fsp3) is 0.135. The number of benzene rings is 4. The van der Waals surface area contributed by atoms with Gasteiger partial charge in [0.25, 0.3) is 5.56 Å². The molecule has 4 aromatic carbocycles. The maximum Gasteiger partial charge on any atom is 0.338 e. The highest BCUT2D eigenvalue weighted by atomic mass is 35.5. The maximum atomic E-state index is 14.2. The number of methoxy groups -OCH3 is 1. The highest BCUT2D eigenvalue weighted by molar-refractivity contribution is 7.07. The molecule has 0 amide bonds. The normalized spacial score (nSPS) is 14.1. The van der Waals surface area contributed by atoms with E-state index in [0.717, 1.165) is 0 Å². The summed E-state index contributed by atoms with van der Waals surface area (Å²) in [6, 6.07) is 28.2. The van der Waals surface area contributed by atoms with Crippen molar-refractivity contribution in [3.05, 3.63) is 154 Å². The van der Waals surface area contributed by atoms with Gasteiger partial charge in [0.05, 0.1) is 52.2 Å². The number of halogens is 2. The number of thiazole rings is 1. The highest BCUT2D eigenvalue weighted by Gasteiger charge is 2.35. The first kappa shape index (κ1) is 32.8. The van der Waals surface area contributed by atoms with Gasteiger partial charge in [0.2, 0.25) is 0 Å². The van der Waals surface area contributed by atoms with Gasteiger partial charge in [0.15, 0.2) is 16.3 Å². The molecule has 240 valence electrons. The predicted molar refractivity (Wildman–Crippen MR) is 186 cm³/mol. The van der Waals surface area contributed by atoms with E-state index in [-0.39, 0.29) is 29.4 Å². The molecular formula is C37H27Cl2N3O5S. The van der Waals surface area contributed by atoms with Crippen molar-refractivity contribution >= 4 is 52.3 Å². The summed E-state index contributed by atoms with van der Waals surface area (Å²) >= 11 is 14.1. The molecule has 0 spiro atoms. The number of ether oxygens (including phenoxy) is 3. The second kappa shape index (κ2) is 14.3. The average Bonchev–Trinajstić information content (AvgIpc) is 3.41. The molecule has 0 saturated heterocycles. The Bertz CT molecular complexity index is 2270. The molecule has 0 unspecified atom stereocenters. The summed E-state index contributed by atoms with van der Waals surface area (Å²) in [6.45, 7) is 1.98. The van der Waals surface area contributed by atoms with Gasteiger partial charge >= 0.3 is 5.97 Å².